The maximum absolute atomic E-state index is 11.3. The molecule has 112 valence electrons. The molecular formula is C13H14N2O6. The largest absolute Gasteiger partial charge is 0.461 e. The van der Waals surface area contributed by atoms with Crippen molar-refractivity contribution >= 4 is 17.7 Å². The molecule has 1 aromatic carbocycles. The van der Waals surface area contributed by atoms with E-state index in [1.165, 1.54) is 18.2 Å². The maximum atomic E-state index is 11.3. The summed E-state index contributed by atoms with van der Waals surface area (Å²) in [5, 5.41) is 13.1. The highest BCUT2D eigenvalue weighted by molar-refractivity contribution is 5.81. The Labute approximate surface area is 120 Å². The van der Waals surface area contributed by atoms with E-state index in [2.05, 4.69) is 16.6 Å². The molecule has 8 nitrogen and oxygen atoms in total. The number of esters is 1. The van der Waals surface area contributed by atoms with Crippen LogP contribution >= 0.6 is 0 Å². The third kappa shape index (κ3) is 5.72. The monoisotopic (exact) mass is 294 g/mol. The van der Waals surface area contributed by atoms with Gasteiger partial charge in [-0.25, -0.2) is 9.59 Å². The van der Waals surface area contributed by atoms with E-state index in [0.717, 1.165) is 6.08 Å². The van der Waals surface area contributed by atoms with Crippen molar-refractivity contribution in [1.82, 2.24) is 5.32 Å². The molecule has 21 heavy (non-hydrogen) atoms. The van der Waals surface area contributed by atoms with Crippen molar-refractivity contribution in [3.05, 3.63) is 52.6 Å². The molecule has 0 saturated carbocycles. The van der Waals surface area contributed by atoms with Gasteiger partial charge in [0.1, 0.15) is 13.2 Å². The molecule has 1 N–H and O–H groups in total. The number of para-hydroxylation sites is 1. The van der Waals surface area contributed by atoms with E-state index in [1.807, 2.05) is 0 Å². The maximum Gasteiger partial charge on any atom is 0.407 e. The number of alkyl carbamates (subject to hydrolysis) is 1. The zero-order valence-electron chi connectivity index (χ0n) is 11.1. The fraction of sp³-hybridized carbons (Fsp3) is 0.231. The summed E-state index contributed by atoms with van der Waals surface area (Å²) in [5.74, 6) is -0.593. The van der Waals surface area contributed by atoms with Crippen molar-refractivity contribution in [1.29, 1.82) is 0 Å². The lowest BCUT2D eigenvalue weighted by molar-refractivity contribution is -0.385. The summed E-state index contributed by atoms with van der Waals surface area (Å²) in [4.78, 5) is 32.3. The standard InChI is InChI=1S/C13H14N2O6/c1-2-12(16)20-8-7-14-13(17)21-9-10-5-3-4-6-11(10)15(18)19/h2-6H,1,7-9H2,(H,14,17). The first-order valence-electron chi connectivity index (χ1n) is 5.96. The number of nitro benzene ring substituents is 1. The van der Waals surface area contributed by atoms with Gasteiger partial charge in [-0.05, 0) is 6.07 Å². The van der Waals surface area contributed by atoms with E-state index >= 15 is 0 Å². The van der Waals surface area contributed by atoms with Crippen LogP contribution in [0.15, 0.2) is 36.9 Å². The van der Waals surface area contributed by atoms with Crippen LogP contribution in [0.3, 0.4) is 0 Å². The SMILES string of the molecule is C=CC(=O)OCCNC(=O)OCc1ccccc1[N+](=O)[O-]. The van der Waals surface area contributed by atoms with Gasteiger partial charge in [0.15, 0.2) is 0 Å². The summed E-state index contributed by atoms with van der Waals surface area (Å²) in [5.41, 5.74) is 0.168. The van der Waals surface area contributed by atoms with E-state index in [-0.39, 0.29) is 31.0 Å². The van der Waals surface area contributed by atoms with E-state index < -0.39 is 17.0 Å². The number of rotatable bonds is 7. The third-order valence-corrected chi connectivity index (χ3v) is 2.33. The Bertz CT molecular complexity index is 543. The van der Waals surface area contributed by atoms with Gasteiger partial charge >= 0.3 is 12.1 Å². The first kappa shape index (κ1) is 16.2. The van der Waals surface area contributed by atoms with E-state index in [0.29, 0.717) is 0 Å². The van der Waals surface area contributed by atoms with Crippen LogP contribution in [0.4, 0.5) is 10.5 Å². The smallest absolute Gasteiger partial charge is 0.407 e. The van der Waals surface area contributed by atoms with Crippen LogP contribution in [-0.4, -0.2) is 30.1 Å². The van der Waals surface area contributed by atoms with Crippen LogP contribution in [0, 0.1) is 10.1 Å². The molecule has 0 radical (unpaired) electrons. The van der Waals surface area contributed by atoms with Crippen molar-refractivity contribution in [2.45, 2.75) is 6.61 Å². The number of nitro groups is 1. The molecule has 0 aliphatic heterocycles. The van der Waals surface area contributed by atoms with E-state index in [1.54, 1.807) is 6.07 Å². The Balaban J connectivity index is 2.35. The molecule has 0 atom stereocenters. The van der Waals surface area contributed by atoms with Gasteiger partial charge in [-0.1, -0.05) is 18.7 Å². The minimum atomic E-state index is -0.761. The average Bonchev–Trinajstić information content (AvgIpc) is 2.49. The molecule has 0 aliphatic carbocycles. The highest BCUT2D eigenvalue weighted by Crippen LogP contribution is 2.18. The highest BCUT2D eigenvalue weighted by Gasteiger charge is 2.13. The van der Waals surface area contributed by atoms with Gasteiger partial charge in [0.2, 0.25) is 0 Å². The topological polar surface area (TPSA) is 108 Å². The second kappa shape index (κ2) is 8.31. The summed E-state index contributed by atoms with van der Waals surface area (Å²) in [6, 6.07) is 5.95. The molecule has 1 aromatic rings. The van der Waals surface area contributed by atoms with Crippen LogP contribution in [0.2, 0.25) is 0 Å². The van der Waals surface area contributed by atoms with Gasteiger partial charge in [0.25, 0.3) is 5.69 Å². The normalized spacial score (nSPS) is 9.52. The van der Waals surface area contributed by atoms with Crippen molar-refractivity contribution < 1.29 is 24.0 Å². The van der Waals surface area contributed by atoms with Gasteiger partial charge in [0, 0.05) is 12.1 Å². The molecule has 0 spiro atoms. The molecule has 0 unspecified atom stereocenters. The van der Waals surface area contributed by atoms with Crippen LogP contribution in [0.5, 0.6) is 0 Å². The highest BCUT2D eigenvalue weighted by atomic mass is 16.6. The number of ether oxygens (including phenoxy) is 2. The summed E-state index contributed by atoms with van der Waals surface area (Å²) < 4.78 is 9.48. The van der Waals surface area contributed by atoms with Gasteiger partial charge in [0.05, 0.1) is 17.0 Å². The lowest BCUT2D eigenvalue weighted by Gasteiger charge is -2.07. The zero-order valence-corrected chi connectivity index (χ0v) is 11.1. The predicted octanol–water partition coefficient (Wildman–Crippen LogP) is 1.55. The van der Waals surface area contributed by atoms with Gasteiger partial charge in [-0.15, -0.1) is 0 Å². The number of nitrogens with one attached hydrogen (secondary N) is 1. The zero-order chi connectivity index (χ0) is 15.7. The second-order valence-electron chi connectivity index (χ2n) is 3.76. The molecule has 0 bridgehead atoms. The number of carbonyl (C=O) groups is 2. The molecule has 0 fully saturated rings. The number of carbonyl (C=O) groups excluding carboxylic acids is 2. The molecule has 1 rings (SSSR count). The van der Waals surface area contributed by atoms with Crippen molar-refractivity contribution in [2.24, 2.45) is 0 Å². The fourth-order valence-corrected chi connectivity index (χ4v) is 1.37. The van der Waals surface area contributed by atoms with Crippen molar-refractivity contribution in [3.8, 4) is 0 Å². The summed E-state index contributed by atoms with van der Waals surface area (Å²) >= 11 is 0. The van der Waals surface area contributed by atoms with Gasteiger partial charge in [-0.2, -0.15) is 0 Å². The van der Waals surface area contributed by atoms with Crippen LogP contribution in [0.1, 0.15) is 5.56 Å². The second-order valence-corrected chi connectivity index (χ2v) is 3.76. The van der Waals surface area contributed by atoms with Crippen molar-refractivity contribution in [2.75, 3.05) is 13.2 Å². The molecular weight excluding hydrogens is 280 g/mol. The number of benzene rings is 1. The summed E-state index contributed by atoms with van der Waals surface area (Å²) in [7, 11) is 0. The molecule has 0 aromatic heterocycles. The predicted molar refractivity (Wildman–Crippen MR) is 72.4 cm³/mol. The van der Waals surface area contributed by atoms with Crippen LogP contribution in [0.25, 0.3) is 0 Å². The Kier molecular flexibility index (Phi) is 6.39. The first-order chi connectivity index (χ1) is 10.0. The number of amides is 1. The lowest BCUT2D eigenvalue weighted by Crippen LogP contribution is -2.28. The van der Waals surface area contributed by atoms with Gasteiger partial charge in [-0.3, -0.25) is 10.1 Å². The van der Waals surface area contributed by atoms with Crippen LogP contribution in [-0.2, 0) is 20.9 Å². The summed E-state index contributed by atoms with van der Waals surface area (Å²) in [6.45, 7) is 3.03. The molecule has 1 amide bonds. The van der Waals surface area contributed by atoms with Crippen LogP contribution < -0.4 is 5.32 Å². The van der Waals surface area contributed by atoms with E-state index in [4.69, 9.17) is 4.74 Å². The minimum Gasteiger partial charge on any atom is -0.461 e. The molecule has 0 saturated heterocycles. The summed E-state index contributed by atoms with van der Waals surface area (Å²) in [6.07, 6.45) is 0.246. The third-order valence-electron chi connectivity index (χ3n) is 2.33. The Morgan fingerprint density at radius 3 is 2.71 bits per heavy atom. The lowest BCUT2D eigenvalue weighted by atomic mass is 10.2. The molecule has 0 heterocycles. The first-order valence-corrected chi connectivity index (χ1v) is 5.96. The Morgan fingerprint density at radius 1 is 1.33 bits per heavy atom. The van der Waals surface area contributed by atoms with Gasteiger partial charge < -0.3 is 14.8 Å². The van der Waals surface area contributed by atoms with Crippen molar-refractivity contribution in [3.63, 3.8) is 0 Å². The Morgan fingerprint density at radius 2 is 2.05 bits per heavy atom. The number of hydrogen-bond acceptors (Lipinski definition) is 6. The molecule has 0 aliphatic rings. The average molecular weight is 294 g/mol. The quantitative estimate of drug-likeness (QED) is 0.269. The Hall–Kier alpha value is -2.90. The number of nitrogens with zero attached hydrogens (tertiary/aromatic N) is 1. The number of hydrogen-bond donors (Lipinski definition) is 1. The van der Waals surface area contributed by atoms with E-state index in [9.17, 15) is 19.7 Å². The fourth-order valence-electron chi connectivity index (χ4n) is 1.37. The minimum absolute atomic E-state index is 0.0224. The molecule has 8 heteroatoms.